The highest BCUT2D eigenvalue weighted by Gasteiger charge is 2.00. The first kappa shape index (κ1) is 12.1. The van der Waals surface area contributed by atoms with Crippen molar-refractivity contribution in [2.45, 2.75) is 6.92 Å². The third kappa shape index (κ3) is 3.58. The molecule has 0 aromatic heterocycles. The summed E-state index contributed by atoms with van der Waals surface area (Å²) in [7, 11) is 0. The summed E-state index contributed by atoms with van der Waals surface area (Å²) in [6, 6.07) is 5.47. The predicted molar refractivity (Wildman–Crippen MR) is 69.5 cm³/mol. The van der Waals surface area contributed by atoms with Gasteiger partial charge in [-0.3, -0.25) is 0 Å². The van der Waals surface area contributed by atoms with Gasteiger partial charge in [-0.15, -0.1) is 0 Å². The van der Waals surface area contributed by atoms with Crippen LogP contribution in [0.5, 0.6) is 0 Å². The highest BCUT2D eigenvalue weighted by atomic mass is 35.5. The van der Waals surface area contributed by atoms with E-state index in [1.54, 1.807) is 12.1 Å². The SMILES string of the molecule is C=C/C=C(\C=C/C)c1cc(Cl)cc(Cl)c1. The number of allylic oxidation sites excluding steroid dienone is 5. The van der Waals surface area contributed by atoms with Crippen LogP contribution in [0.25, 0.3) is 5.57 Å². The topological polar surface area (TPSA) is 0 Å². The molecule has 0 bridgehead atoms. The molecule has 0 aliphatic rings. The van der Waals surface area contributed by atoms with E-state index in [0.717, 1.165) is 11.1 Å². The number of rotatable bonds is 3. The lowest BCUT2D eigenvalue weighted by molar-refractivity contribution is 1.60. The van der Waals surface area contributed by atoms with Crippen LogP contribution in [0.15, 0.2) is 49.1 Å². The summed E-state index contributed by atoms with van der Waals surface area (Å²) >= 11 is 11.9. The van der Waals surface area contributed by atoms with Crippen molar-refractivity contribution >= 4 is 28.8 Å². The first-order valence-electron chi connectivity index (χ1n) is 4.59. The van der Waals surface area contributed by atoms with Gasteiger partial charge < -0.3 is 0 Å². The van der Waals surface area contributed by atoms with Crippen LogP contribution in [0.3, 0.4) is 0 Å². The molecular formula is C13H12Cl2. The van der Waals surface area contributed by atoms with E-state index in [2.05, 4.69) is 6.58 Å². The molecule has 0 nitrogen and oxygen atoms in total. The number of halogens is 2. The Labute approximate surface area is 101 Å². The second-order valence-corrected chi connectivity index (χ2v) is 3.89. The number of hydrogen-bond donors (Lipinski definition) is 0. The van der Waals surface area contributed by atoms with Crippen molar-refractivity contribution < 1.29 is 0 Å². The summed E-state index contributed by atoms with van der Waals surface area (Å²) in [5.74, 6) is 0. The quantitative estimate of drug-likeness (QED) is 0.640. The van der Waals surface area contributed by atoms with Crippen LogP contribution in [0.2, 0.25) is 10.0 Å². The average Bonchev–Trinajstić information content (AvgIpc) is 2.16. The lowest BCUT2D eigenvalue weighted by Gasteiger charge is -2.03. The molecule has 0 saturated heterocycles. The highest BCUT2D eigenvalue weighted by Crippen LogP contribution is 2.25. The lowest BCUT2D eigenvalue weighted by atomic mass is 10.1. The van der Waals surface area contributed by atoms with Crippen molar-refractivity contribution in [2.24, 2.45) is 0 Å². The molecule has 0 fully saturated rings. The van der Waals surface area contributed by atoms with Crippen LogP contribution < -0.4 is 0 Å². The van der Waals surface area contributed by atoms with Crippen LogP contribution in [0, 0.1) is 0 Å². The van der Waals surface area contributed by atoms with E-state index in [-0.39, 0.29) is 0 Å². The summed E-state index contributed by atoms with van der Waals surface area (Å²) in [4.78, 5) is 0. The van der Waals surface area contributed by atoms with Gasteiger partial charge in [0.15, 0.2) is 0 Å². The molecule has 0 radical (unpaired) electrons. The summed E-state index contributed by atoms with van der Waals surface area (Å²) in [6.07, 6.45) is 7.61. The summed E-state index contributed by atoms with van der Waals surface area (Å²) in [6.45, 7) is 5.64. The molecule has 0 N–H and O–H groups in total. The molecule has 78 valence electrons. The van der Waals surface area contributed by atoms with E-state index in [4.69, 9.17) is 23.2 Å². The second kappa shape index (κ2) is 5.79. The van der Waals surface area contributed by atoms with Crippen molar-refractivity contribution in [3.63, 3.8) is 0 Å². The first-order valence-corrected chi connectivity index (χ1v) is 5.35. The Balaban J connectivity index is 3.22. The van der Waals surface area contributed by atoms with E-state index in [0.29, 0.717) is 10.0 Å². The molecule has 2 heteroatoms. The standard InChI is InChI=1S/C13H12Cl2/c1-3-5-10(6-4-2)11-7-12(14)9-13(15)8-11/h3-9H,1H2,2H3/b6-4-,10-5+. The second-order valence-electron chi connectivity index (χ2n) is 3.02. The van der Waals surface area contributed by atoms with Crippen LogP contribution in [0.4, 0.5) is 0 Å². The Hall–Kier alpha value is -0.980. The minimum absolute atomic E-state index is 0.636. The molecule has 0 aliphatic carbocycles. The van der Waals surface area contributed by atoms with Crippen LogP contribution in [-0.2, 0) is 0 Å². The monoisotopic (exact) mass is 238 g/mol. The van der Waals surface area contributed by atoms with Gasteiger partial charge in [0.2, 0.25) is 0 Å². The smallest absolute Gasteiger partial charge is 0.0426 e. The van der Waals surface area contributed by atoms with Crippen LogP contribution in [-0.4, -0.2) is 0 Å². The fraction of sp³-hybridized carbons (Fsp3) is 0.0769. The minimum atomic E-state index is 0.636. The van der Waals surface area contributed by atoms with Gasteiger partial charge in [-0.05, 0) is 36.3 Å². The fourth-order valence-electron chi connectivity index (χ4n) is 1.28. The van der Waals surface area contributed by atoms with Gasteiger partial charge in [0.25, 0.3) is 0 Å². The molecule has 15 heavy (non-hydrogen) atoms. The summed E-state index contributed by atoms with van der Waals surface area (Å²) < 4.78 is 0. The number of benzene rings is 1. The van der Waals surface area contributed by atoms with Crippen molar-refractivity contribution in [3.8, 4) is 0 Å². The van der Waals surface area contributed by atoms with Gasteiger partial charge >= 0.3 is 0 Å². The molecule has 0 unspecified atom stereocenters. The molecule has 0 heterocycles. The fourth-order valence-corrected chi connectivity index (χ4v) is 1.80. The van der Waals surface area contributed by atoms with Gasteiger partial charge in [0.05, 0.1) is 0 Å². The Morgan fingerprint density at radius 2 is 1.80 bits per heavy atom. The molecule has 0 amide bonds. The van der Waals surface area contributed by atoms with Crippen molar-refractivity contribution in [1.82, 2.24) is 0 Å². The average molecular weight is 239 g/mol. The van der Waals surface area contributed by atoms with Gasteiger partial charge in [-0.2, -0.15) is 0 Å². The van der Waals surface area contributed by atoms with E-state index < -0.39 is 0 Å². The van der Waals surface area contributed by atoms with Crippen LogP contribution in [0.1, 0.15) is 12.5 Å². The Morgan fingerprint density at radius 3 is 2.27 bits per heavy atom. The lowest BCUT2D eigenvalue weighted by Crippen LogP contribution is -1.81. The van der Waals surface area contributed by atoms with Gasteiger partial charge in [-0.25, -0.2) is 0 Å². The van der Waals surface area contributed by atoms with E-state index in [1.165, 1.54) is 0 Å². The van der Waals surface area contributed by atoms with Crippen molar-refractivity contribution in [3.05, 3.63) is 64.7 Å². The first-order chi connectivity index (χ1) is 7.17. The molecule has 1 aromatic rings. The molecule has 0 spiro atoms. The Bertz CT molecular complexity index is 394. The van der Waals surface area contributed by atoms with E-state index >= 15 is 0 Å². The van der Waals surface area contributed by atoms with Crippen molar-refractivity contribution in [2.75, 3.05) is 0 Å². The highest BCUT2D eigenvalue weighted by molar-refractivity contribution is 6.34. The van der Waals surface area contributed by atoms with Crippen molar-refractivity contribution in [1.29, 1.82) is 0 Å². The van der Waals surface area contributed by atoms with E-state index in [9.17, 15) is 0 Å². The molecule has 1 rings (SSSR count). The Kier molecular flexibility index (Phi) is 4.67. The maximum Gasteiger partial charge on any atom is 0.0426 e. The zero-order chi connectivity index (χ0) is 11.3. The van der Waals surface area contributed by atoms with Gasteiger partial charge in [0, 0.05) is 10.0 Å². The minimum Gasteiger partial charge on any atom is -0.0990 e. The Morgan fingerprint density at radius 1 is 1.20 bits per heavy atom. The molecule has 0 aliphatic heterocycles. The maximum atomic E-state index is 5.93. The van der Waals surface area contributed by atoms with Gasteiger partial charge in [0.1, 0.15) is 0 Å². The molecule has 0 saturated carbocycles. The number of hydrogen-bond acceptors (Lipinski definition) is 0. The largest absolute Gasteiger partial charge is 0.0990 e. The third-order valence-corrected chi connectivity index (χ3v) is 2.28. The normalized spacial score (nSPS) is 12.1. The molecule has 0 atom stereocenters. The van der Waals surface area contributed by atoms with Crippen LogP contribution >= 0.6 is 23.2 Å². The zero-order valence-corrected chi connectivity index (χ0v) is 10.0. The molecule has 1 aromatic carbocycles. The summed E-state index contributed by atoms with van der Waals surface area (Å²) in [5.41, 5.74) is 2.03. The predicted octanol–water partition coefficient (Wildman–Crippen LogP) is 5.14. The van der Waals surface area contributed by atoms with Gasteiger partial charge in [-0.1, -0.05) is 54.1 Å². The summed E-state index contributed by atoms with van der Waals surface area (Å²) in [5, 5.41) is 1.27. The van der Waals surface area contributed by atoms with E-state index in [1.807, 2.05) is 37.3 Å². The maximum absolute atomic E-state index is 5.93. The molecular weight excluding hydrogens is 227 g/mol. The zero-order valence-electron chi connectivity index (χ0n) is 8.50. The third-order valence-electron chi connectivity index (χ3n) is 1.84.